The largest absolute Gasteiger partial charge is 0.460 e. The molecule has 0 heterocycles. The minimum absolute atomic E-state index is 0.108. The van der Waals surface area contributed by atoms with E-state index < -0.39 is 5.60 Å². The monoisotopic (exact) mass is 457 g/mol. The number of aliphatic hydroxyl groups is 1. The first-order valence-corrected chi connectivity index (χ1v) is 12.1. The summed E-state index contributed by atoms with van der Waals surface area (Å²) in [6.45, 7) is 11.3. The third kappa shape index (κ3) is 12.0. The van der Waals surface area contributed by atoms with E-state index in [0.29, 0.717) is 18.4 Å². The topological polar surface area (TPSA) is 85.3 Å². The lowest BCUT2D eigenvalue weighted by Crippen LogP contribution is -2.43. The Morgan fingerprint density at radius 1 is 0.844 bits per heavy atom. The van der Waals surface area contributed by atoms with Crippen molar-refractivity contribution >= 4 is 12.1 Å². The third-order valence-electron chi connectivity index (χ3n) is 5.90. The van der Waals surface area contributed by atoms with Crippen molar-refractivity contribution in [2.24, 2.45) is 5.92 Å². The van der Waals surface area contributed by atoms with E-state index in [9.17, 15) is 14.7 Å². The molecule has 0 unspecified atom stereocenters. The van der Waals surface area contributed by atoms with Crippen LogP contribution in [0, 0.1) is 5.92 Å². The van der Waals surface area contributed by atoms with Crippen molar-refractivity contribution in [3.05, 3.63) is 0 Å². The standard InChI is InChI=1S/C13H25NO3.C12H22O3/c1-13(2,3)17-12(15)14(4)10-6-8-11(16-5)9-7-10;1-12(2,3)15-11(14)8-9-4-6-10(13)7-5-9/h10-11H,6-9H2,1-5H3;9-10,13H,4-8H2,1-3H3. The SMILES string of the molecule is CC(C)(C)OC(=O)CC1CCC(O)CC1.COC1CCC(N(C)C(=O)OC(C)(C)C)CC1. The predicted octanol–water partition coefficient (Wildman–Crippen LogP) is 5.08. The van der Waals surface area contributed by atoms with Gasteiger partial charge in [0, 0.05) is 26.6 Å². The molecule has 0 aliphatic heterocycles. The molecule has 1 N–H and O–H groups in total. The number of rotatable bonds is 4. The summed E-state index contributed by atoms with van der Waals surface area (Å²) < 4.78 is 16.0. The van der Waals surface area contributed by atoms with Crippen LogP contribution < -0.4 is 0 Å². The highest BCUT2D eigenvalue weighted by atomic mass is 16.6. The van der Waals surface area contributed by atoms with E-state index in [1.165, 1.54) is 0 Å². The highest BCUT2D eigenvalue weighted by molar-refractivity contribution is 5.70. The fourth-order valence-corrected chi connectivity index (χ4v) is 4.12. The van der Waals surface area contributed by atoms with E-state index in [-0.39, 0.29) is 29.8 Å². The van der Waals surface area contributed by atoms with Crippen molar-refractivity contribution in [2.45, 2.75) is 129 Å². The highest BCUT2D eigenvalue weighted by Gasteiger charge is 2.29. The summed E-state index contributed by atoms with van der Waals surface area (Å²) in [5.41, 5.74) is -0.805. The molecule has 0 aromatic rings. The van der Waals surface area contributed by atoms with Crippen LogP contribution in [0.25, 0.3) is 0 Å². The minimum atomic E-state index is -0.422. The Morgan fingerprint density at radius 2 is 1.34 bits per heavy atom. The molecule has 0 aromatic carbocycles. The Hall–Kier alpha value is -1.34. The molecule has 0 atom stereocenters. The summed E-state index contributed by atoms with van der Waals surface area (Å²) in [5, 5.41) is 9.33. The number of esters is 1. The molecule has 0 saturated heterocycles. The van der Waals surface area contributed by atoms with E-state index in [2.05, 4.69) is 0 Å². The molecule has 7 nitrogen and oxygen atoms in total. The van der Waals surface area contributed by atoms with Gasteiger partial charge in [0.15, 0.2) is 0 Å². The number of methoxy groups -OCH3 is 1. The van der Waals surface area contributed by atoms with E-state index in [0.717, 1.165) is 51.4 Å². The molecule has 0 bridgehead atoms. The van der Waals surface area contributed by atoms with Gasteiger partial charge in [0.05, 0.1) is 12.2 Å². The van der Waals surface area contributed by atoms with Crippen LogP contribution in [0.3, 0.4) is 0 Å². The molecule has 0 aromatic heterocycles. The summed E-state index contributed by atoms with van der Waals surface area (Å²) >= 11 is 0. The zero-order chi connectivity index (χ0) is 24.5. The maximum absolute atomic E-state index is 11.9. The molecule has 32 heavy (non-hydrogen) atoms. The van der Waals surface area contributed by atoms with Crippen LogP contribution in [0.2, 0.25) is 0 Å². The Bertz CT molecular complexity index is 564. The minimum Gasteiger partial charge on any atom is -0.460 e. The van der Waals surface area contributed by atoms with E-state index >= 15 is 0 Å². The first kappa shape index (κ1) is 28.7. The van der Waals surface area contributed by atoms with Crippen LogP contribution in [-0.4, -0.2) is 65.7 Å². The molecule has 2 rings (SSSR count). The van der Waals surface area contributed by atoms with E-state index in [1.807, 2.05) is 48.6 Å². The van der Waals surface area contributed by atoms with Crippen molar-refractivity contribution in [2.75, 3.05) is 14.2 Å². The zero-order valence-electron chi connectivity index (χ0n) is 21.6. The fraction of sp³-hybridized carbons (Fsp3) is 0.920. The summed E-state index contributed by atoms with van der Waals surface area (Å²) in [6, 6.07) is 0.288. The van der Waals surface area contributed by atoms with Gasteiger partial charge in [0.25, 0.3) is 0 Å². The predicted molar refractivity (Wildman–Crippen MR) is 125 cm³/mol. The zero-order valence-corrected chi connectivity index (χ0v) is 21.6. The second-order valence-corrected chi connectivity index (χ2v) is 11.2. The number of hydrogen-bond donors (Lipinski definition) is 1. The third-order valence-corrected chi connectivity index (χ3v) is 5.90. The molecule has 2 aliphatic carbocycles. The first-order valence-electron chi connectivity index (χ1n) is 12.1. The fourth-order valence-electron chi connectivity index (χ4n) is 4.12. The van der Waals surface area contributed by atoms with Crippen molar-refractivity contribution in [3.63, 3.8) is 0 Å². The van der Waals surface area contributed by atoms with Crippen LogP contribution in [0.1, 0.15) is 99.3 Å². The van der Waals surface area contributed by atoms with Gasteiger partial charge in [-0.05, 0) is 98.8 Å². The van der Waals surface area contributed by atoms with Crippen LogP contribution in [-0.2, 0) is 19.0 Å². The van der Waals surface area contributed by atoms with Gasteiger partial charge in [-0.3, -0.25) is 4.79 Å². The maximum Gasteiger partial charge on any atom is 0.410 e. The van der Waals surface area contributed by atoms with E-state index in [4.69, 9.17) is 14.2 Å². The molecule has 2 aliphatic rings. The Labute approximate surface area is 195 Å². The summed E-state index contributed by atoms with van der Waals surface area (Å²) in [4.78, 5) is 25.1. The average molecular weight is 458 g/mol. The second kappa shape index (κ2) is 12.8. The van der Waals surface area contributed by atoms with Crippen molar-refractivity contribution < 1.29 is 28.9 Å². The molecular formula is C25H47NO6. The quantitative estimate of drug-likeness (QED) is 0.593. The lowest BCUT2D eigenvalue weighted by atomic mass is 9.85. The smallest absolute Gasteiger partial charge is 0.410 e. The van der Waals surface area contributed by atoms with Gasteiger partial charge < -0.3 is 24.2 Å². The number of amides is 1. The number of ether oxygens (including phenoxy) is 3. The van der Waals surface area contributed by atoms with Crippen LogP contribution in [0.5, 0.6) is 0 Å². The molecular weight excluding hydrogens is 410 g/mol. The Kier molecular flexibility index (Phi) is 11.5. The van der Waals surface area contributed by atoms with Crippen LogP contribution in [0.4, 0.5) is 4.79 Å². The van der Waals surface area contributed by atoms with Gasteiger partial charge in [0.2, 0.25) is 0 Å². The van der Waals surface area contributed by atoms with E-state index in [1.54, 1.807) is 12.0 Å². The maximum atomic E-state index is 11.9. The Morgan fingerprint density at radius 3 is 1.78 bits per heavy atom. The van der Waals surface area contributed by atoms with Crippen molar-refractivity contribution in [3.8, 4) is 0 Å². The molecule has 0 spiro atoms. The van der Waals surface area contributed by atoms with Gasteiger partial charge in [-0.25, -0.2) is 4.79 Å². The number of carbonyl (C=O) groups is 2. The summed E-state index contributed by atoms with van der Waals surface area (Å²) in [5.74, 6) is 0.298. The van der Waals surface area contributed by atoms with Gasteiger partial charge in [-0.2, -0.15) is 0 Å². The summed E-state index contributed by atoms with van der Waals surface area (Å²) in [6.07, 6.45) is 8.06. The highest BCUT2D eigenvalue weighted by Crippen LogP contribution is 2.28. The summed E-state index contributed by atoms with van der Waals surface area (Å²) in [7, 11) is 3.58. The van der Waals surface area contributed by atoms with Crippen molar-refractivity contribution in [1.29, 1.82) is 0 Å². The molecule has 0 radical (unpaired) electrons. The Balaban J connectivity index is 0.000000323. The van der Waals surface area contributed by atoms with Gasteiger partial charge in [-0.15, -0.1) is 0 Å². The normalized spacial score (nSPS) is 26.4. The first-order chi connectivity index (χ1) is 14.7. The number of aliphatic hydroxyl groups excluding tert-OH is 1. The number of carbonyl (C=O) groups excluding carboxylic acids is 2. The van der Waals surface area contributed by atoms with Gasteiger partial charge >= 0.3 is 12.1 Å². The van der Waals surface area contributed by atoms with Gasteiger partial charge in [0.1, 0.15) is 11.2 Å². The lowest BCUT2D eigenvalue weighted by molar-refractivity contribution is -0.156. The molecule has 188 valence electrons. The average Bonchev–Trinajstić information content (AvgIpc) is 2.67. The lowest BCUT2D eigenvalue weighted by Gasteiger charge is -2.35. The van der Waals surface area contributed by atoms with Crippen molar-refractivity contribution in [1.82, 2.24) is 4.90 Å². The number of nitrogens with zero attached hydrogens (tertiary/aromatic N) is 1. The number of hydrogen-bond acceptors (Lipinski definition) is 6. The van der Waals surface area contributed by atoms with Gasteiger partial charge in [-0.1, -0.05) is 0 Å². The second-order valence-electron chi connectivity index (χ2n) is 11.2. The molecule has 2 fully saturated rings. The molecule has 7 heteroatoms. The van der Waals surface area contributed by atoms with Crippen LogP contribution in [0.15, 0.2) is 0 Å². The molecule has 2 saturated carbocycles. The van der Waals surface area contributed by atoms with Crippen LogP contribution >= 0.6 is 0 Å². The molecule has 1 amide bonds.